The van der Waals surface area contributed by atoms with Crippen LogP contribution >= 0.6 is 11.3 Å². The lowest BCUT2D eigenvalue weighted by atomic mass is 10.1. The number of fused-ring (bicyclic) bond motifs is 13. The number of para-hydroxylation sites is 2. The molecule has 0 saturated heterocycles. The molecule has 0 N–H and O–H groups in total. The van der Waals surface area contributed by atoms with E-state index in [4.69, 9.17) is 0 Å². The number of nitrogens with zero attached hydrogens (tertiary/aromatic N) is 2. The molecule has 0 amide bonds. The number of hydrogen-bond acceptors (Lipinski definition) is 1. The highest BCUT2D eigenvalue weighted by Crippen LogP contribution is 2.47. The number of rotatable bonds is 2. The highest BCUT2D eigenvalue weighted by molar-refractivity contribution is 7.27. The highest BCUT2D eigenvalue weighted by atomic mass is 32.1. The topological polar surface area (TPSA) is 9.86 Å². The average molecular weight is 615 g/mol. The molecule has 0 aliphatic rings. The molecular formula is C44H26N2S. The number of aromatic nitrogens is 2. The zero-order chi connectivity index (χ0) is 30.6. The van der Waals surface area contributed by atoms with Crippen LogP contribution in [0.5, 0.6) is 0 Å². The molecule has 3 aromatic heterocycles. The monoisotopic (exact) mass is 614 g/mol. The van der Waals surface area contributed by atoms with E-state index in [-0.39, 0.29) is 0 Å². The Hall–Kier alpha value is -5.90. The van der Waals surface area contributed by atoms with E-state index in [1.807, 2.05) is 11.3 Å². The maximum Gasteiger partial charge on any atom is 0.0555 e. The van der Waals surface area contributed by atoms with Gasteiger partial charge in [-0.15, -0.1) is 11.3 Å². The van der Waals surface area contributed by atoms with Gasteiger partial charge in [0.1, 0.15) is 0 Å². The number of hydrogen-bond donors (Lipinski definition) is 0. The summed E-state index contributed by atoms with van der Waals surface area (Å²) in [6.07, 6.45) is 0. The van der Waals surface area contributed by atoms with Crippen LogP contribution in [0.15, 0.2) is 158 Å². The molecule has 3 heterocycles. The largest absolute Gasteiger partial charge is 0.309 e. The molecule has 11 aromatic rings. The first-order valence-electron chi connectivity index (χ1n) is 16.1. The predicted octanol–water partition coefficient (Wildman–Crippen LogP) is 12.6. The molecule has 218 valence electrons. The van der Waals surface area contributed by atoms with Crippen molar-refractivity contribution in [2.75, 3.05) is 0 Å². The second kappa shape index (κ2) is 9.32. The minimum absolute atomic E-state index is 1.19. The van der Waals surface area contributed by atoms with Crippen LogP contribution in [0.2, 0.25) is 0 Å². The normalized spacial score (nSPS) is 12.3. The molecule has 8 aromatic carbocycles. The molecule has 0 saturated carbocycles. The molecule has 0 radical (unpaired) electrons. The Morgan fingerprint density at radius 1 is 0.319 bits per heavy atom. The lowest BCUT2D eigenvalue weighted by Crippen LogP contribution is -1.93. The number of benzene rings is 8. The van der Waals surface area contributed by atoms with Gasteiger partial charge in [-0.2, -0.15) is 0 Å². The van der Waals surface area contributed by atoms with Crippen LogP contribution in [-0.2, 0) is 0 Å². The maximum absolute atomic E-state index is 2.45. The molecule has 0 atom stereocenters. The summed E-state index contributed by atoms with van der Waals surface area (Å²) in [6, 6.07) is 58.0. The van der Waals surface area contributed by atoms with Crippen LogP contribution in [0.25, 0.3) is 96.7 Å². The summed E-state index contributed by atoms with van der Waals surface area (Å²) in [7, 11) is 0. The van der Waals surface area contributed by atoms with Crippen molar-refractivity contribution in [3.8, 4) is 11.4 Å². The third-order valence-corrected chi connectivity index (χ3v) is 11.3. The third kappa shape index (κ3) is 3.44. The quantitative estimate of drug-likeness (QED) is 0.183. The summed E-state index contributed by atoms with van der Waals surface area (Å²) >= 11 is 1.95. The molecule has 0 aliphatic carbocycles. The minimum Gasteiger partial charge on any atom is -0.309 e. The SMILES string of the molecule is c1ccc2cc(-n3c4ccccc4c4c5sc6c(ccc7c6c6ccccc6n7-c6ccc7ccccc7c6)c5ccc43)ccc2c1. The molecule has 2 nitrogen and oxygen atoms in total. The van der Waals surface area contributed by atoms with Gasteiger partial charge in [-0.3, -0.25) is 0 Å². The van der Waals surface area contributed by atoms with Gasteiger partial charge in [-0.05, 0) is 70.1 Å². The lowest BCUT2D eigenvalue weighted by Gasteiger charge is -2.09. The molecule has 0 aliphatic heterocycles. The summed E-state index contributed by atoms with van der Waals surface area (Å²) in [5.74, 6) is 0. The van der Waals surface area contributed by atoms with Crippen molar-refractivity contribution in [2.24, 2.45) is 0 Å². The van der Waals surface area contributed by atoms with Gasteiger partial charge in [0.25, 0.3) is 0 Å². The van der Waals surface area contributed by atoms with Crippen LogP contribution < -0.4 is 0 Å². The van der Waals surface area contributed by atoms with Gasteiger partial charge in [-0.1, -0.05) is 109 Å². The summed E-state index contributed by atoms with van der Waals surface area (Å²) < 4.78 is 7.59. The van der Waals surface area contributed by atoms with Gasteiger partial charge >= 0.3 is 0 Å². The van der Waals surface area contributed by atoms with Crippen molar-refractivity contribution in [2.45, 2.75) is 0 Å². The Labute approximate surface area is 273 Å². The van der Waals surface area contributed by atoms with Crippen LogP contribution in [0.4, 0.5) is 0 Å². The molecule has 0 fully saturated rings. The maximum atomic E-state index is 2.45. The van der Waals surface area contributed by atoms with E-state index in [2.05, 4.69) is 167 Å². The van der Waals surface area contributed by atoms with Gasteiger partial charge < -0.3 is 9.13 Å². The Balaban J connectivity index is 1.24. The first-order chi connectivity index (χ1) is 23.3. The Bertz CT molecular complexity index is 2870. The van der Waals surface area contributed by atoms with E-state index < -0.39 is 0 Å². The van der Waals surface area contributed by atoms with Gasteiger partial charge in [0.15, 0.2) is 0 Å². The second-order valence-corrected chi connectivity index (χ2v) is 13.6. The first kappa shape index (κ1) is 25.3. The van der Waals surface area contributed by atoms with Crippen molar-refractivity contribution < 1.29 is 0 Å². The summed E-state index contributed by atoms with van der Waals surface area (Å²) in [5.41, 5.74) is 7.35. The van der Waals surface area contributed by atoms with Crippen LogP contribution in [0, 0.1) is 0 Å². The lowest BCUT2D eigenvalue weighted by molar-refractivity contribution is 1.19. The van der Waals surface area contributed by atoms with E-state index >= 15 is 0 Å². The van der Waals surface area contributed by atoms with Crippen molar-refractivity contribution in [1.82, 2.24) is 9.13 Å². The fourth-order valence-electron chi connectivity index (χ4n) is 7.98. The Kier molecular flexibility index (Phi) is 5.02. The van der Waals surface area contributed by atoms with Gasteiger partial charge in [0.05, 0.1) is 22.1 Å². The molecule has 0 unspecified atom stereocenters. The first-order valence-corrected chi connectivity index (χ1v) is 16.9. The molecule has 47 heavy (non-hydrogen) atoms. The van der Waals surface area contributed by atoms with Crippen molar-refractivity contribution in [3.05, 3.63) is 158 Å². The predicted molar refractivity (Wildman–Crippen MR) is 203 cm³/mol. The van der Waals surface area contributed by atoms with Gasteiger partial charge in [0, 0.05) is 53.1 Å². The van der Waals surface area contributed by atoms with E-state index in [1.165, 1.54) is 96.7 Å². The Morgan fingerprint density at radius 3 is 1.23 bits per heavy atom. The summed E-state index contributed by atoms with van der Waals surface area (Å²) in [5, 5.41) is 12.9. The standard InChI is InChI=1S/C44H26N2S/c1-3-11-29-25-31(19-17-27(29)9-1)45-37-15-7-5-13-35(37)41-39(45)23-21-33-34-22-24-40-42(44(34)47-43(33)41)36-14-6-8-16-38(36)46(40)32-20-18-28-10-2-4-12-30(28)26-32/h1-26H. The molecular weight excluding hydrogens is 589 g/mol. The van der Waals surface area contributed by atoms with Crippen LogP contribution in [0.1, 0.15) is 0 Å². The minimum atomic E-state index is 1.19. The zero-order valence-corrected chi connectivity index (χ0v) is 26.1. The summed E-state index contributed by atoms with van der Waals surface area (Å²) in [6.45, 7) is 0. The highest BCUT2D eigenvalue weighted by Gasteiger charge is 2.21. The Morgan fingerprint density at radius 2 is 0.745 bits per heavy atom. The zero-order valence-electron chi connectivity index (χ0n) is 25.3. The van der Waals surface area contributed by atoms with Gasteiger partial charge in [-0.25, -0.2) is 0 Å². The fraction of sp³-hybridized carbons (Fsp3) is 0. The smallest absolute Gasteiger partial charge is 0.0555 e. The third-order valence-electron chi connectivity index (χ3n) is 10.1. The van der Waals surface area contributed by atoms with Gasteiger partial charge in [0.2, 0.25) is 0 Å². The van der Waals surface area contributed by atoms with Crippen LogP contribution in [0.3, 0.4) is 0 Å². The van der Waals surface area contributed by atoms with E-state index in [0.29, 0.717) is 0 Å². The summed E-state index contributed by atoms with van der Waals surface area (Å²) in [4.78, 5) is 0. The fourth-order valence-corrected chi connectivity index (χ4v) is 9.40. The molecule has 0 spiro atoms. The van der Waals surface area contributed by atoms with E-state index in [0.717, 1.165) is 0 Å². The number of thiophene rings is 1. The second-order valence-electron chi connectivity index (χ2n) is 12.5. The van der Waals surface area contributed by atoms with E-state index in [1.54, 1.807) is 0 Å². The molecule has 11 rings (SSSR count). The van der Waals surface area contributed by atoms with Crippen molar-refractivity contribution >= 4 is 96.7 Å². The molecule has 0 bridgehead atoms. The van der Waals surface area contributed by atoms with E-state index in [9.17, 15) is 0 Å². The average Bonchev–Trinajstić information content (AvgIpc) is 3.78. The molecule has 3 heteroatoms. The van der Waals surface area contributed by atoms with Crippen molar-refractivity contribution in [1.29, 1.82) is 0 Å². The van der Waals surface area contributed by atoms with Crippen LogP contribution in [-0.4, -0.2) is 9.13 Å². The van der Waals surface area contributed by atoms with Crippen molar-refractivity contribution in [3.63, 3.8) is 0 Å².